The lowest BCUT2D eigenvalue weighted by Crippen LogP contribution is -2.50. The Morgan fingerprint density at radius 3 is 2.00 bits per heavy atom. The molecule has 6 nitrogen and oxygen atoms in total. The van der Waals surface area contributed by atoms with E-state index in [0.29, 0.717) is 25.4 Å². The summed E-state index contributed by atoms with van der Waals surface area (Å²) >= 11 is 0. The second-order valence-corrected chi connectivity index (χ2v) is 6.61. The third kappa shape index (κ3) is 9.28. The highest BCUT2D eigenvalue weighted by atomic mass is 16.4. The van der Waals surface area contributed by atoms with E-state index < -0.39 is 12.0 Å². The van der Waals surface area contributed by atoms with Gasteiger partial charge in [-0.3, -0.25) is 0 Å². The molecule has 0 rings (SSSR count). The number of nitrogens with one attached hydrogen (secondary N) is 1. The molecule has 0 aliphatic carbocycles. The van der Waals surface area contributed by atoms with E-state index in [2.05, 4.69) is 5.32 Å². The highest BCUT2D eigenvalue weighted by molar-refractivity contribution is 5.82. The lowest BCUT2D eigenvalue weighted by molar-refractivity contribution is -0.139. The summed E-state index contributed by atoms with van der Waals surface area (Å²) < 4.78 is 0. The molecule has 2 N–H and O–H groups in total. The van der Waals surface area contributed by atoms with E-state index in [1.54, 1.807) is 4.90 Å². The molecule has 2 amide bonds. The number of aliphatic carboxylic acids is 1. The molecule has 0 heterocycles. The number of carbonyl (C=O) groups excluding carboxylic acids is 1. The van der Waals surface area contributed by atoms with E-state index in [4.69, 9.17) is 0 Å². The lowest BCUT2D eigenvalue weighted by atomic mass is 10.0. The molecule has 0 radical (unpaired) electrons. The van der Waals surface area contributed by atoms with Gasteiger partial charge >= 0.3 is 12.0 Å². The van der Waals surface area contributed by atoms with Crippen molar-refractivity contribution in [1.29, 1.82) is 0 Å². The maximum absolute atomic E-state index is 12.3. The SMILES string of the molecule is CC(C)CC(NC(=O)N(CCN(C)C)CC(C)C)C(=O)O. The fourth-order valence-electron chi connectivity index (χ4n) is 1.97. The Balaban J connectivity index is 4.71. The summed E-state index contributed by atoms with van der Waals surface area (Å²) in [5.74, 6) is -0.424. The van der Waals surface area contributed by atoms with Crippen LogP contribution in [0.25, 0.3) is 0 Å². The number of carboxylic acids is 1. The first-order chi connectivity index (χ1) is 9.63. The normalized spacial score (nSPS) is 12.8. The van der Waals surface area contributed by atoms with E-state index in [9.17, 15) is 14.7 Å². The smallest absolute Gasteiger partial charge is 0.326 e. The Bertz CT molecular complexity index is 330. The molecule has 0 aromatic carbocycles. The van der Waals surface area contributed by atoms with Gasteiger partial charge in [0.25, 0.3) is 0 Å². The summed E-state index contributed by atoms with van der Waals surface area (Å²) in [5, 5.41) is 11.9. The monoisotopic (exact) mass is 301 g/mol. The van der Waals surface area contributed by atoms with Gasteiger partial charge in [0.2, 0.25) is 0 Å². The van der Waals surface area contributed by atoms with Crippen LogP contribution in [-0.2, 0) is 4.79 Å². The average molecular weight is 301 g/mol. The molecule has 0 spiro atoms. The zero-order valence-corrected chi connectivity index (χ0v) is 14.2. The number of hydrogen-bond acceptors (Lipinski definition) is 3. The van der Waals surface area contributed by atoms with E-state index in [1.807, 2.05) is 46.7 Å². The van der Waals surface area contributed by atoms with Crippen LogP contribution in [0, 0.1) is 11.8 Å². The largest absolute Gasteiger partial charge is 0.480 e. The summed E-state index contributed by atoms with van der Waals surface area (Å²) in [5.41, 5.74) is 0. The van der Waals surface area contributed by atoms with Gasteiger partial charge in [0.05, 0.1) is 0 Å². The molecule has 0 fully saturated rings. The Kier molecular flexibility index (Phi) is 9.01. The van der Waals surface area contributed by atoms with Gasteiger partial charge in [0.15, 0.2) is 0 Å². The van der Waals surface area contributed by atoms with Crippen LogP contribution in [0.3, 0.4) is 0 Å². The Labute approximate surface area is 128 Å². The lowest BCUT2D eigenvalue weighted by Gasteiger charge is -2.28. The van der Waals surface area contributed by atoms with Crippen molar-refractivity contribution in [2.75, 3.05) is 33.7 Å². The Hall–Kier alpha value is -1.30. The number of hydrogen-bond donors (Lipinski definition) is 2. The van der Waals surface area contributed by atoms with E-state index in [0.717, 1.165) is 6.54 Å². The molecule has 0 saturated carbocycles. The summed E-state index contributed by atoms with van der Waals surface area (Å²) in [7, 11) is 3.90. The molecule has 6 heteroatoms. The average Bonchev–Trinajstić information content (AvgIpc) is 2.32. The number of likely N-dealkylation sites (N-methyl/N-ethyl adjacent to an activating group) is 1. The van der Waals surface area contributed by atoms with Crippen LogP contribution in [0.1, 0.15) is 34.1 Å². The van der Waals surface area contributed by atoms with Gasteiger partial charge in [0, 0.05) is 19.6 Å². The second-order valence-electron chi connectivity index (χ2n) is 6.61. The zero-order chi connectivity index (χ0) is 16.6. The maximum Gasteiger partial charge on any atom is 0.326 e. The van der Waals surface area contributed by atoms with Crippen LogP contribution in [0.4, 0.5) is 4.79 Å². The van der Waals surface area contributed by atoms with Crippen LogP contribution in [0.5, 0.6) is 0 Å². The molecule has 124 valence electrons. The minimum Gasteiger partial charge on any atom is -0.480 e. The van der Waals surface area contributed by atoms with E-state index in [1.165, 1.54) is 0 Å². The molecule has 21 heavy (non-hydrogen) atoms. The maximum atomic E-state index is 12.3. The predicted molar refractivity (Wildman–Crippen MR) is 84.4 cm³/mol. The quantitative estimate of drug-likeness (QED) is 0.680. The Morgan fingerprint density at radius 1 is 1.05 bits per heavy atom. The van der Waals surface area contributed by atoms with Gasteiger partial charge in [-0.1, -0.05) is 27.7 Å². The van der Waals surface area contributed by atoms with Gasteiger partial charge in [-0.25, -0.2) is 9.59 Å². The van der Waals surface area contributed by atoms with Crippen molar-refractivity contribution in [3.63, 3.8) is 0 Å². The van der Waals surface area contributed by atoms with Crippen molar-refractivity contribution in [2.24, 2.45) is 11.8 Å². The molecule has 0 bridgehead atoms. The predicted octanol–water partition coefficient (Wildman–Crippen LogP) is 1.71. The van der Waals surface area contributed by atoms with Crippen molar-refractivity contribution in [3.8, 4) is 0 Å². The topological polar surface area (TPSA) is 72.9 Å². The molecular formula is C15H31N3O3. The highest BCUT2D eigenvalue weighted by Gasteiger charge is 2.24. The van der Waals surface area contributed by atoms with Gasteiger partial charge in [0.1, 0.15) is 6.04 Å². The number of carboxylic acid groups (broad SMARTS) is 1. The Morgan fingerprint density at radius 2 is 1.62 bits per heavy atom. The van der Waals surface area contributed by atoms with Crippen molar-refractivity contribution in [3.05, 3.63) is 0 Å². The molecule has 0 aromatic rings. The van der Waals surface area contributed by atoms with E-state index in [-0.39, 0.29) is 11.9 Å². The molecular weight excluding hydrogens is 270 g/mol. The first-order valence-corrected chi connectivity index (χ1v) is 7.56. The third-order valence-corrected chi connectivity index (χ3v) is 2.99. The van der Waals surface area contributed by atoms with Crippen molar-refractivity contribution in [2.45, 2.75) is 40.2 Å². The second kappa shape index (κ2) is 9.60. The molecule has 0 aromatic heterocycles. The minimum atomic E-state index is -0.978. The summed E-state index contributed by atoms with van der Waals surface area (Å²) in [6, 6.07) is -1.12. The number of rotatable bonds is 9. The van der Waals surface area contributed by atoms with Crippen molar-refractivity contribution >= 4 is 12.0 Å². The molecule has 0 saturated heterocycles. The van der Waals surface area contributed by atoms with Gasteiger partial charge in [-0.05, 0) is 32.4 Å². The number of carbonyl (C=O) groups is 2. The van der Waals surface area contributed by atoms with Crippen LogP contribution < -0.4 is 5.32 Å². The highest BCUT2D eigenvalue weighted by Crippen LogP contribution is 2.07. The molecule has 1 unspecified atom stereocenters. The summed E-state index contributed by atoms with van der Waals surface area (Å²) in [4.78, 5) is 27.3. The van der Waals surface area contributed by atoms with Crippen LogP contribution in [-0.4, -0.2) is 66.7 Å². The van der Waals surface area contributed by atoms with E-state index >= 15 is 0 Å². The summed E-state index contributed by atoms with van der Waals surface area (Å²) in [6.07, 6.45) is 0.435. The van der Waals surface area contributed by atoms with Gasteiger partial charge in [-0.15, -0.1) is 0 Å². The third-order valence-electron chi connectivity index (χ3n) is 2.99. The minimum absolute atomic E-state index is 0.215. The van der Waals surface area contributed by atoms with Crippen LogP contribution in [0.15, 0.2) is 0 Å². The number of amides is 2. The summed E-state index contributed by atoms with van der Waals surface area (Å²) in [6.45, 7) is 9.93. The fourth-order valence-corrected chi connectivity index (χ4v) is 1.97. The van der Waals surface area contributed by atoms with Crippen LogP contribution >= 0.6 is 0 Å². The van der Waals surface area contributed by atoms with Gasteiger partial charge < -0.3 is 20.2 Å². The van der Waals surface area contributed by atoms with Crippen molar-refractivity contribution in [1.82, 2.24) is 15.1 Å². The van der Waals surface area contributed by atoms with Crippen LogP contribution in [0.2, 0.25) is 0 Å². The standard InChI is InChI=1S/C15H31N3O3/c1-11(2)9-13(14(19)20)16-15(21)18(10-12(3)4)8-7-17(5)6/h11-13H,7-10H2,1-6H3,(H,16,21)(H,19,20). The number of urea groups is 1. The first kappa shape index (κ1) is 19.7. The zero-order valence-electron chi connectivity index (χ0n) is 14.2. The molecule has 1 atom stereocenters. The fraction of sp³-hybridized carbons (Fsp3) is 0.867. The number of nitrogens with zero attached hydrogens (tertiary/aromatic N) is 2. The molecule has 0 aliphatic heterocycles. The first-order valence-electron chi connectivity index (χ1n) is 7.56. The molecule has 0 aliphatic rings. The van der Waals surface area contributed by atoms with Gasteiger partial charge in [-0.2, -0.15) is 0 Å². The van der Waals surface area contributed by atoms with Crippen molar-refractivity contribution < 1.29 is 14.7 Å².